The van der Waals surface area contributed by atoms with Gasteiger partial charge in [0.25, 0.3) is 5.91 Å². The molecule has 2 aromatic rings. The molecule has 1 aliphatic rings. The van der Waals surface area contributed by atoms with E-state index in [1.807, 2.05) is 24.8 Å². The Morgan fingerprint density at radius 3 is 2.89 bits per heavy atom. The molecule has 0 bridgehead atoms. The number of fused-ring (bicyclic) bond motifs is 1. The van der Waals surface area contributed by atoms with Crippen molar-refractivity contribution < 1.29 is 14.7 Å². The predicted molar refractivity (Wildman–Crippen MR) is 110 cm³/mol. The predicted octanol–water partition coefficient (Wildman–Crippen LogP) is 3.59. The molecule has 3 rings (SSSR count). The molecule has 0 aliphatic carbocycles. The number of allylic oxidation sites excluding steroid dienone is 1. The Labute approximate surface area is 165 Å². The average Bonchev–Trinajstić information content (AvgIpc) is 3.12. The molecule has 0 radical (unpaired) electrons. The van der Waals surface area contributed by atoms with E-state index in [4.69, 9.17) is 0 Å². The second kappa shape index (κ2) is 8.09. The smallest absolute Gasteiger partial charge is 0.267 e. The minimum Gasteiger partial charge on any atom is -0.507 e. The lowest BCUT2D eigenvalue weighted by molar-refractivity contribution is -0.129. The van der Waals surface area contributed by atoms with Gasteiger partial charge in [-0.05, 0) is 44.4 Å². The van der Waals surface area contributed by atoms with Gasteiger partial charge < -0.3 is 20.3 Å². The van der Waals surface area contributed by atoms with E-state index in [9.17, 15) is 14.7 Å². The van der Waals surface area contributed by atoms with Crippen LogP contribution in [-0.2, 0) is 4.79 Å². The van der Waals surface area contributed by atoms with Gasteiger partial charge in [0.1, 0.15) is 11.4 Å². The van der Waals surface area contributed by atoms with Gasteiger partial charge in [-0.3, -0.25) is 9.59 Å². The molecule has 0 saturated carbocycles. The first-order valence-electron chi connectivity index (χ1n) is 9.86. The molecule has 1 fully saturated rings. The van der Waals surface area contributed by atoms with E-state index < -0.39 is 0 Å². The molecular weight excluding hydrogens is 354 g/mol. The second-order valence-corrected chi connectivity index (χ2v) is 8.12. The molecule has 28 heavy (non-hydrogen) atoms. The van der Waals surface area contributed by atoms with E-state index in [0.717, 1.165) is 36.9 Å². The Bertz CT molecular complexity index is 915. The maximum atomic E-state index is 12.6. The Morgan fingerprint density at radius 1 is 1.39 bits per heavy atom. The van der Waals surface area contributed by atoms with Crippen LogP contribution in [0.4, 0.5) is 0 Å². The summed E-state index contributed by atoms with van der Waals surface area (Å²) in [4.78, 5) is 30.0. The van der Waals surface area contributed by atoms with Crippen molar-refractivity contribution in [3.8, 4) is 5.75 Å². The summed E-state index contributed by atoms with van der Waals surface area (Å²) in [6, 6.07) is 6.82. The standard InChI is InChI=1S/C22H29N3O3/c1-4-15(2)11-20(27)25-10-6-9-22(3,14-25)13-23-21(28)18-12-16-17(24-18)7-5-8-19(16)26/h5,7-8,11-12,24,26H,4,6,9-10,13-14H2,1-3H3,(H,23,28)/b15-11+. The topological polar surface area (TPSA) is 85.4 Å². The first-order chi connectivity index (χ1) is 13.3. The second-order valence-electron chi connectivity index (χ2n) is 8.12. The lowest BCUT2D eigenvalue weighted by Crippen LogP contribution is -2.49. The van der Waals surface area contributed by atoms with Crippen molar-refractivity contribution in [2.45, 2.75) is 40.0 Å². The van der Waals surface area contributed by atoms with Crippen molar-refractivity contribution in [1.29, 1.82) is 0 Å². The quantitative estimate of drug-likeness (QED) is 0.690. The molecule has 150 valence electrons. The number of carbonyl (C=O) groups excluding carboxylic acids is 2. The zero-order valence-electron chi connectivity index (χ0n) is 16.8. The summed E-state index contributed by atoms with van der Waals surface area (Å²) >= 11 is 0. The number of phenols is 1. The SMILES string of the molecule is CC/C(C)=C/C(=O)N1CCCC(C)(CNC(=O)c2cc3c(O)cccc3[nH]2)C1. The van der Waals surface area contributed by atoms with Crippen molar-refractivity contribution in [2.75, 3.05) is 19.6 Å². The molecule has 1 aliphatic heterocycles. The number of likely N-dealkylation sites (tertiary alicyclic amines) is 1. The zero-order chi connectivity index (χ0) is 20.3. The van der Waals surface area contributed by atoms with E-state index in [1.54, 1.807) is 24.3 Å². The van der Waals surface area contributed by atoms with E-state index in [2.05, 4.69) is 17.2 Å². The van der Waals surface area contributed by atoms with Crippen LogP contribution < -0.4 is 5.32 Å². The summed E-state index contributed by atoms with van der Waals surface area (Å²) in [6.07, 6.45) is 4.48. The van der Waals surface area contributed by atoms with E-state index in [0.29, 0.717) is 24.2 Å². The third-order valence-corrected chi connectivity index (χ3v) is 5.58. The van der Waals surface area contributed by atoms with Gasteiger partial charge in [-0.25, -0.2) is 0 Å². The van der Waals surface area contributed by atoms with E-state index >= 15 is 0 Å². The molecule has 1 unspecified atom stereocenters. The normalized spacial score (nSPS) is 20.4. The van der Waals surface area contributed by atoms with Crippen molar-refractivity contribution >= 4 is 22.7 Å². The fourth-order valence-corrected chi connectivity index (χ4v) is 3.70. The highest BCUT2D eigenvalue weighted by Gasteiger charge is 2.33. The highest BCUT2D eigenvalue weighted by Crippen LogP contribution is 2.29. The highest BCUT2D eigenvalue weighted by atomic mass is 16.3. The minimum atomic E-state index is -0.206. The van der Waals surface area contributed by atoms with Gasteiger partial charge in [0.2, 0.25) is 5.91 Å². The number of H-pyrrole nitrogens is 1. The third-order valence-electron chi connectivity index (χ3n) is 5.58. The first-order valence-corrected chi connectivity index (χ1v) is 9.86. The number of piperidine rings is 1. The van der Waals surface area contributed by atoms with Gasteiger partial charge in [0.15, 0.2) is 0 Å². The number of hydrogen-bond donors (Lipinski definition) is 3. The summed E-state index contributed by atoms with van der Waals surface area (Å²) < 4.78 is 0. The molecule has 1 aromatic heterocycles. The third kappa shape index (κ3) is 4.38. The molecule has 3 N–H and O–H groups in total. The number of aromatic hydroxyl groups is 1. The number of hydrogen-bond acceptors (Lipinski definition) is 3. The van der Waals surface area contributed by atoms with Crippen molar-refractivity contribution in [1.82, 2.24) is 15.2 Å². The summed E-state index contributed by atoms with van der Waals surface area (Å²) in [5.74, 6) is 0.00122. The van der Waals surface area contributed by atoms with Crippen LogP contribution in [0.15, 0.2) is 35.9 Å². The summed E-state index contributed by atoms with van der Waals surface area (Å²) in [5.41, 5.74) is 2.06. The monoisotopic (exact) mass is 383 g/mol. The van der Waals surface area contributed by atoms with Crippen LogP contribution in [-0.4, -0.2) is 46.4 Å². The summed E-state index contributed by atoms with van der Waals surface area (Å²) in [7, 11) is 0. The maximum Gasteiger partial charge on any atom is 0.267 e. The van der Waals surface area contributed by atoms with Gasteiger partial charge in [-0.15, -0.1) is 0 Å². The Morgan fingerprint density at radius 2 is 2.18 bits per heavy atom. The van der Waals surface area contributed by atoms with Crippen LogP contribution in [0.2, 0.25) is 0 Å². The molecule has 6 heteroatoms. The summed E-state index contributed by atoms with van der Waals surface area (Å²) in [5, 5.41) is 13.5. The molecule has 0 spiro atoms. The zero-order valence-corrected chi connectivity index (χ0v) is 16.8. The molecule has 2 heterocycles. The number of amides is 2. The lowest BCUT2D eigenvalue weighted by atomic mass is 9.81. The van der Waals surface area contributed by atoms with Crippen LogP contribution in [0.25, 0.3) is 10.9 Å². The number of nitrogens with zero attached hydrogens (tertiary/aromatic N) is 1. The summed E-state index contributed by atoms with van der Waals surface area (Å²) in [6.45, 7) is 8.01. The van der Waals surface area contributed by atoms with Crippen molar-refractivity contribution in [3.05, 3.63) is 41.6 Å². The number of rotatable bonds is 5. The van der Waals surface area contributed by atoms with E-state index in [1.165, 1.54) is 0 Å². The molecule has 1 aromatic carbocycles. The maximum absolute atomic E-state index is 12.6. The van der Waals surface area contributed by atoms with Gasteiger partial charge in [0, 0.05) is 42.0 Å². The van der Waals surface area contributed by atoms with Crippen LogP contribution in [0, 0.1) is 5.41 Å². The fourth-order valence-electron chi connectivity index (χ4n) is 3.70. The van der Waals surface area contributed by atoms with E-state index in [-0.39, 0.29) is 23.0 Å². The number of aromatic amines is 1. The fraction of sp³-hybridized carbons (Fsp3) is 0.455. The largest absolute Gasteiger partial charge is 0.507 e. The average molecular weight is 383 g/mol. The molecule has 6 nitrogen and oxygen atoms in total. The van der Waals surface area contributed by atoms with Crippen molar-refractivity contribution in [2.24, 2.45) is 5.41 Å². The van der Waals surface area contributed by atoms with Gasteiger partial charge in [-0.1, -0.05) is 25.5 Å². The molecule has 2 amide bonds. The molecule has 1 saturated heterocycles. The Kier molecular flexibility index (Phi) is 5.77. The number of phenolic OH excluding ortho intramolecular Hbond substituents is 1. The number of aromatic nitrogens is 1. The van der Waals surface area contributed by atoms with Gasteiger partial charge in [0.05, 0.1) is 0 Å². The van der Waals surface area contributed by atoms with Crippen LogP contribution in [0.1, 0.15) is 50.5 Å². The number of benzene rings is 1. The van der Waals surface area contributed by atoms with Crippen molar-refractivity contribution in [3.63, 3.8) is 0 Å². The Balaban J connectivity index is 1.64. The molecule has 1 atom stereocenters. The number of carbonyl (C=O) groups is 2. The lowest BCUT2D eigenvalue weighted by Gasteiger charge is -2.40. The van der Waals surface area contributed by atoms with Crippen LogP contribution >= 0.6 is 0 Å². The first kappa shape index (κ1) is 20.0. The van der Waals surface area contributed by atoms with Gasteiger partial charge >= 0.3 is 0 Å². The minimum absolute atomic E-state index is 0.0581. The van der Waals surface area contributed by atoms with Gasteiger partial charge in [-0.2, -0.15) is 0 Å². The highest BCUT2D eigenvalue weighted by molar-refractivity contribution is 5.99. The van der Waals surface area contributed by atoms with Crippen LogP contribution in [0.3, 0.4) is 0 Å². The van der Waals surface area contributed by atoms with Crippen LogP contribution in [0.5, 0.6) is 5.75 Å². The Hall–Kier alpha value is -2.76. The molecular formula is C22H29N3O3. The number of nitrogens with one attached hydrogen (secondary N) is 2.